The van der Waals surface area contributed by atoms with E-state index in [2.05, 4.69) is 28.1 Å². The first-order valence-corrected chi connectivity index (χ1v) is 7.69. The van der Waals surface area contributed by atoms with Crippen LogP contribution in [0.15, 0.2) is 24.3 Å². The van der Waals surface area contributed by atoms with Crippen LogP contribution in [0, 0.1) is 5.92 Å². The van der Waals surface area contributed by atoms with Crippen LogP contribution in [0.2, 0.25) is 0 Å². The van der Waals surface area contributed by atoms with E-state index in [1.165, 1.54) is 12.0 Å². The highest BCUT2D eigenvalue weighted by atomic mass is 79.9. The summed E-state index contributed by atoms with van der Waals surface area (Å²) in [5.41, 5.74) is 1.29. The van der Waals surface area contributed by atoms with Gasteiger partial charge in [-0.05, 0) is 43.7 Å². The van der Waals surface area contributed by atoms with Gasteiger partial charge in [0.05, 0.1) is 7.11 Å². The Morgan fingerprint density at radius 2 is 2.06 bits per heavy atom. The Balaban J connectivity index is 2.46. The van der Waals surface area contributed by atoms with Gasteiger partial charge in [0.25, 0.3) is 0 Å². The fourth-order valence-corrected chi connectivity index (χ4v) is 2.59. The van der Waals surface area contributed by atoms with Crippen LogP contribution in [0.5, 0.6) is 5.75 Å². The second kappa shape index (κ2) is 9.40. The van der Waals surface area contributed by atoms with Gasteiger partial charge in [0.15, 0.2) is 0 Å². The minimum Gasteiger partial charge on any atom is -0.496 e. The van der Waals surface area contributed by atoms with Gasteiger partial charge < -0.3 is 9.47 Å². The molecule has 0 aliphatic rings. The van der Waals surface area contributed by atoms with Gasteiger partial charge in [0, 0.05) is 18.5 Å². The van der Waals surface area contributed by atoms with Crippen LogP contribution in [0.4, 0.5) is 0 Å². The summed E-state index contributed by atoms with van der Waals surface area (Å²) >= 11 is 3.61. The van der Waals surface area contributed by atoms with Crippen LogP contribution in [-0.2, 0) is 11.2 Å². The Hall–Kier alpha value is -0.540. The first kappa shape index (κ1) is 15.5. The van der Waals surface area contributed by atoms with Crippen molar-refractivity contribution in [3.63, 3.8) is 0 Å². The number of para-hydroxylation sites is 1. The van der Waals surface area contributed by atoms with Crippen molar-refractivity contribution in [1.82, 2.24) is 0 Å². The Bertz CT molecular complexity index is 328. The number of alkyl halides is 1. The third-order valence-electron chi connectivity index (χ3n) is 3.02. The van der Waals surface area contributed by atoms with E-state index < -0.39 is 0 Å². The summed E-state index contributed by atoms with van der Waals surface area (Å²) < 4.78 is 10.8. The zero-order valence-electron chi connectivity index (χ0n) is 11.3. The van der Waals surface area contributed by atoms with E-state index in [-0.39, 0.29) is 0 Å². The molecule has 0 saturated heterocycles. The van der Waals surface area contributed by atoms with Crippen LogP contribution in [-0.4, -0.2) is 25.7 Å². The van der Waals surface area contributed by atoms with Gasteiger partial charge in [0.2, 0.25) is 0 Å². The van der Waals surface area contributed by atoms with E-state index in [9.17, 15) is 0 Å². The molecule has 0 radical (unpaired) electrons. The molecule has 1 unspecified atom stereocenters. The summed E-state index contributed by atoms with van der Waals surface area (Å²) in [5, 5.41) is 1.02. The predicted molar refractivity (Wildman–Crippen MR) is 79.7 cm³/mol. The van der Waals surface area contributed by atoms with Gasteiger partial charge in [-0.15, -0.1) is 0 Å². The lowest BCUT2D eigenvalue weighted by Gasteiger charge is -2.16. The van der Waals surface area contributed by atoms with Crippen molar-refractivity contribution in [2.75, 3.05) is 25.7 Å². The van der Waals surface area contributed by atoms with Gasteiger partial charge in [-0.3, -0.25) is 0 Å². The molecular weight excluding hydrogens is 292 g/mol. The van der Waals surface area contributed by atoms with Crippen molar-refractivity contribution in [3.05, 3.63) is 29.8 Å². The molecule has 0 amide bonds. The minimum atomic E-state index is 0.641. The lowest BCUT2D eigenvalue weighted by atomic mass is 9.96. The van der Waals surface area contributed by atoms with E-state index in [0.29, 0.717) is 5.92 Å². The first-order chi connectivity index (χ1) is 8.81. The highest BCUT2D eigenvalue weighted by Gasteiger charge is 2.11. The number of methoxy groups -OCH3 is 1. The summed E-state index contributed by atoms with van der Waals surface area (Å²) in [6, 6.07) is 8.27. The number of ether oxygens (including phenoxy) is 2. The Labute approximate surface area is 119 Å². The molecule has 0 fully saturated rings. The van der Waals surface area contributed by atoms with E-state index in [1.54, 1.807) is 7.11 Å². The molecule has 0 N–H and O–H groups in total. The topological polar surface area (TPSA) is 18.5 Å². The molecule has 0 heterocycles. The molecule has 3 heteroatoms. The summed E-state index contributed by atoms with van der Waals surface area (Å²) in [6.07, 6.45) is 3.37. The molecular formula is C15H23BrO2. The third-order valence-corrected chi connectivity index (χ3v) is 3.94. The largest absolute Gasteiger partial charge is 0.496 e. The third kappa shape index (κ3) is 5.40. The number of benzene rings is 1. The van der Waals surface area contributed by atoms with E-state index in [0.717, 1.165) is 37.1 Å². The number of hydrogen-bond acceptors (Lipinski definition) is 2. The second-order valence-corrected chi connectivity index (χ2v) is 5.02. The predicted octanol–water partition coefficient (Wildman–Crippen LogP) is 4.07. The SMILES string of the molecule is CCOCCCC(CBr)Cc1ccccc1OC. The normalized spacial score (nSPS) is 12.4. The van der Waals surface area contributed by atoms with Gasteiger partial charge in [-0.2, -0.15) is 0 Å². The highest BCUT2D eigenvalue weighted by molar-refractivity contribution is 9.09. The molecule has 2 nitrogen and oxygen atoms in total. The molecule has 0 spiro atoms. The molecule has 102 valence electrons. The lowest BCUT2D eigenvalue weighted by molar-refractivity contribution is 0.140. The van der Waals surface area contributed by atoms with Crippen LogP contribution in [0.1, 0.15) is 25.3 Å². The van der Waals surface area contributed by atoms with E-state index in [1.807, 2.05) is 19.1 Å². The van der Waals surface area contributed by atoms with Crippen LogP contribution in [0.3, 0.4) is 0 Å². The Morgan fingerprint density at radius 1 is 1.28 bits per heavy atom. The number of hydrogen-bond donors (Lipinski definition) is 0. The van der Waals surface area contributed by atoms with Crippen LogP contribution < -0.4 is 4.74 Å². The molecule has 1 aromatic rings. The van der Waals surface area contributed by atoms with E-state index >= 15 is 0 Å². The molecule has 0 bridgehead atoms. The zero-order valence-corrected chi connectivity index (χ0v) is 12.9. The van der Waals surface area contributed by atoms with Crippen molar-refractivity contribution in [2.45, 2.75) is 26.2 Å². The molecule has 1 aromatic carbocycles. The summed E-state index contributed by atoms with van der Waals surface area (Å²) in [4.78, 5) is 0. The van der Waals surface area contributed by atoms with Crippen LogP contribution >= 0.6 is 15.9 Å². The first-order valence-electron chi connectivity index (χ1n) is 6.57. The molecule has 0 saturated carbocycles. The van der Waals surface area contributed by atoms with Gasteiger partial charge in [0.1, 0.15) is 5.75 Å². The highest BCUT2D eigenvalue weighted by Crippen LogP contribution is 2.24. The fraction of sp³-hybridized carbons (Fsp3) is 0.600. The molecule has 1 rings (SSSR count). The summed E-state index contributed by atoms with van der Waals surface area (Å²) in [7, 11) is 1.73. The number of rotatable bonds is 9. The lowest BCUT2D eigenvalue weighted by Crippen LogP contribution is -2.09. The Morgan fingerprint density at radius 3 is 2.72 bits per heavy atom. The van der Waals surface area contributed by atoms with Crippen molar-refractivity contribution >= 4 is 15.9 Å². The monoisotopic (exact) mass is 314 g/mol. The van der Waals surface area contributed by atoms with Crippen molar-refractivity contribution < 1.29 is 9.47 Å². The van der Waals surface area contributed by atoms with Gasteiger partial charge in [-0.25, -0.2) is 0 Å². The van der Waals surface area contributed by atoms with E-state index in [4.69, 9.17) is 9.47 Å². The van der Waals surface area contributed by atoms with Crippen molar-refractivity contribution in [3.8, 4) is 5.75 Å². The van der Waals surface area contributed by atoms with Gasteiger partial charge in [-0.1, -0.05) is 34.1 Å². The van der Waals surface area contributed by atoms with Gasteiger partial charge >= 0.3 is 0 Å². The van der Waals surface area contributed by atoms with Crippen molar-refractivity contribution in [1.29, 1.82) is 0 Å². The Kier molecular flexibility index (Phi) is 8.10. The van der Waals surface area contributed by atoms with Crippen molar-refractivity contribution in [2.24, 2.45) is 5.92 Å². The molecule has 0 aromatic heterocycles. The average Bonchev–Trinajstić information content (AvgIpc) is 2.42. The number of halogens is 1. The zero-order chi connectivity index (χ0) is 13.2. The quantitative estimate of drug-likeness (QED) is 0.505. The fourth-order valence-electron chi connectivity index (χ4n) is 2.03. The maximum Gasteiger partial charge on any atom is 0.122 e. The average molecular weight is 315 g/mol. The minimum absolute atomic E-state index is 0.641. The molecule has 18 heavy (non-hydrogen) atoms. The summed E-state index contributed by atoms with van der Waals surface area (Å²) in [6.45, 7) is 3.72. The smallest absolute Gasteiger partial charge is 0.122 e. The van der Waals surface area contributed by atoms with Crippen LogP contribution in [0.25, 0.3) is 0 Å². The molecule has 0 aliphatic carbocycles. The maximum absolute atomic E-state index is 5.39. The standard InChI is InChI=1S/C15H23BrO2/c1-3-18-10-6-7-13(12-16)11-14-8-4-5-9-15(14)17-2/h4-5,8-9,13H,3,6-7,10-12H2,1-2H3. The maximum atomic E-state index is 5.39. The second-order valence-electron chi connectivity index (χ2n) is 4.38. The molecule has 1 atom stereocenters. The molecule has 0 aliphatic heterocycles. The summed E-state index contributed by atoms with van der Waals surface area (Å²) in [5.74, 6) is 1.63.